The van der Waals surface area contributed by atoms with Crippen LogP contribution in [0, 0.1) is 11.3 Å². The quantitative estimate of drug-likeness (QED) is 0.717. The summed E-state index contributed by atoms with van der Waals surface area (Å²) in [7, 11) is 1.62. The molecule has 0 saturated heterocycles. The minimum atomic E-state index is -0.770. The number of aliphatic carboxylic acids is 1. The van der Waals surface area contributed by atoms with Gasteiger partial charge in [0.2, 0.25) is 5.91 Å². The number of nitrogens with one attached hydrogen (secondary N) is 1. The smallest absolute Gasteiger partial charge is 0.303 e. The summed E-state index contributed by atoms with van der Waals surface area (Å²) in [4.78, 5) is 22.9. The molecule has 1 atom stereocenters. The number of carbonyl (C=O) groups excluding carboxylic acids is 1. The molecule has 2 N–H and O–H groups in total. The zero-order valence-corrected chi connectivity index (χ0v) is 12.6. The topological polar surface area (TPSA) is 75.6 Å². The summed E-state index contributed by atoms with van der Waals surface area (Å²) < 4.78 is 5.01. The van der Waals surface area contributed by atoms with Crippen LogP contribution < -0.4 is 5.32 Å². The maximum absolute atomic E-state index is 11.9. The molecule has 0 aliphatic heterocycles. The Balaban J connectivity index is 2.45. The average molecular weight is 285 g/mol. The first-order valence-electron chi connectivity index (χ1n) is 7.45. The van der Waals surface area contributed by atoms with E-state index >= 15 is 0 Å². The van der Waals surface area contributed by atoms with Gasteiger partial charge in [-0.2, -0.15) is 0 Å². The molecule has 1 saturated carbocycles. The van der Waals surface area contributed by atoms with Gasteiger partial charge in [-0.1, -0.05) is 26.2 Å². The third-order valence-electron chi connectivity index (χ3n) is 4.09. The molecule has 0 spiro atoms. The SMILES string of the molecule is COCC(C)CC(=O)NCC1(CC(=O)O)CCCCC1. The Morgan fingerprint density at radius 1 is 1.30 bits per heavy atom. The fraction of sp³-hybridized carbons (Fsp3) is 0.867. The van der Waals surface area contributed by atoms with Crippen LogP contribution in [0.1, 0.15) is 51.9 Å². The summed E-state index contributed by atoms with van der Waals surface area (Å²) in [6, 6.07) is 0. The molecule has 20 heavy (non-hydrogen) atoms. The number of rotatable bonds is 8. The van der Waals surface area contributed by atoms with Gasteiger partial charge in [0.1, 0.15) is 0 Å². The predicted octanol–water partition coefficient (Wildman–Crippen LogP) is 2.20. The highest BCUT2D eigenvalue weighted by Crippen LogP contribution is 2.38. The Morgan fingerprint density at radius 3 is 2.50 bits per heavy atom. The van der Waals surface area contributed by atoms with Crippen LogP contribution in [0.15, 0.2) is 0 Å². The van der Waals surface area contributed by atoms with Gasteiger partial charge in [0.25, 0.3) is 0 Å². The van der Waals surface area contributed by atoms with E-state index in [1.54, 1.807) is 7.11 Å². The second kappa shape index (κ2) is 8.25. The first-order chi connectivity index (χ1) is 9.47. The Morgan fingerprint density at radius 2 is 1.95 bits per heavy atom. The number of carboxylic acids is 1. The van der Waals surface area contributed by atoms with Crippen molar-refractivity contribution in [3.05, 3.63) is 0 Å². The van der Waals surface area contributed by atoms with Crippen molar-refractivity contribution in [3.63, 3.8) is 0 Å². The summed E-state index contributed by atoms with van der Waals surface area (Å²) in [6.07, 6.45) is 5.66. The fourth-order valence-electron chi connectivity index (χ4n) is 3.06. The Bertz CT molecular complexity index is 324. The number of methoxy groups -OCH3 is 1. The zero-order chi connectivity index (χ0) is 15.0. The molecule has 0 aromatic carbocycles. The number of hydrogen-bond donors (Lipinski definition) is 2. The van der Waals surface area contributed by atoms with Crippen molar-refractivity contribution in [1.29, 1.82) is 0 Å². The largest absolute Gasteiger partial charge is 0.481 e. The second-order valence-corrected chi connectivity index (χ2v) is 6.17. The van der Waals surface area contributed by atoms with Crippen LogP contribution in [0.3, 0.4) is 0 Å². The van der Waals surface area contributed by atoms with E-state index in [0.29, 0.717) is 19.6 Å². The van der Waals surface area contributed by atoms with Crippen molar-refractivity contribution in [2.45, 2.75) is 51.9 Å². The number of hydrogen-bond acceptors (Lipinski definition) is 3. The van der Waals surface area contributed by atoms with Crippen LogP contribution in [0.4, 0.5) is 0 Å². The van der Waals surface area contributed by atoms with Crippen molar-refractivity contribution >= 4 is 11.9 Å². The summed E-state index contributed by atoms with van der Waals surface area (Å²) in [5.74, 6) is -0.597. The summed E-state index contributed by atoms with van der Waals surface area (Å²) in [5, 5.41) is 12.0. The van der Waals surface area contributed by atoms with Crippen LogP contribution >= 0.6 is 0 Å². The number of amides is 1. The third kappa shape index (κ3) is 5.90. The average Bonchev–Trinajstić information content (AvgIpc) is 2.37. The first-order valence-corrected chi connectivity index (χ1v) is 7.45. The van der Waals surface area contributed by atoms with E-state index in [1.807, 2.05) is 6.92 Å². The van der Waals surface area contributed by atoms with Crippen LogP contribution in [-0.4, -0.2) is 37.2 Å². The Hall–Kier alpha value is -1.10. The molecule has 0 aromatic heterocycles. The van der Waals surface area contributed by atoms with E-state index in [2.05, 4.69) is 5.32 Å². The molecule has 5 heteroatoms. The standard InChI is InChI=1S/C15H27NO4/c1-12(10-20-2)8-13(17)16-11-15(9-14(18)19)6-4-3-5-7-15/h12H,3-11H2,1-2H3,(H,16,17)(H,18,19). The second-order valence-electron chi connectivity index (χ2n) is 6.17. The molecule has 116 valence electrons. The van der Waals surface area contributed by atoms with Gasteiger partial charge < -0.3 is 15.2 Å². The van der Waals surface area contributed by atoms with Crippen molar-refractivity contribution in [2.24, 2.45) is 11.3 Å². The molecule has 0 heterocycles. The monoisotopic (exact) mass is 285 g/mol. The lowest BCUT2D eigenvalue weighted by atomic mass is 9.71. The van der Waals surface area contributed by atoms with Crippen LogP contribution in [0.25, 0.3) is 0 Å². The molecule has 0 bridgehead atoms. The van der Waals surface area contributed by atoms with E-state index in [4.69, 9.17) is 9.84 Å². The zero-order valence-electron chi connectivity index (χ0n) is 12.6. The van der Waals surface area contributed by atoms with Crippen LogP contribution in [0.5, 0.6) is 0 Å². The lowest BCUT2D eigenvalue weighted by molar-refractivity contribution is -0.140. The highest BCUT2D eigenvalue weighted by Gasteiger charge is 2.34. The third-order valence-corrected chi connectivity index (χ3v) is 4.09. The molecule has 1 fully saturated rings. The molecule has 0 aromatic rings. The predicted molar refractivity (Wildman–Crippen MR) is 76.4 cm³/mol. The van der Waals surface area contributed by atoms with Crippen molar-refractivity contribution in [3.8, 4) is 0 Å². The molecular formula is C15H27NO4. The summed E-state index contributed by atoms with van der Waals surface area (Å²) in [5.41, 5.74) is -0.246. The number of carboxylic acid groups (broad SMARTS) is 1. The van der Waals surface area contributed by atoms with E-state index in [-0.39, 0.29) is 23.7 Å². The molecule has 1 amide bonds. The molecule has 0 radical (unpaired) electrons. The van der Waals surface area contributed by atoms with Gasteiger partial charge in [-0.05, 0) is 24.2 Å². The van der Waals surface area contributed by atoms with Crippen molar-refractivity contribution < 1.29 is 19.4 Å². The van der Waals surface area contributed by atoms with E-state index in [0.717, 1.165) is 25.7 Å². The van der Waals surface area contributed by atoms with Crippen LogP contribution in [-0.2, 0) is 14.3 Å². The van der Waals surface area contributed by atoms with Gasteiger partial charge in [0.05, 0.1) is 6.42 Å². The molecule has 1 aliphatic rings. The lowest BCUT2D eigenvalue weighted by Gasteiger charge is -2.36. The van der Waals surface area contributed by atoms with Gasteiger partial charge >= 0.3 is 5.97 Å². The van der Waals surface area contributed by atoms with E-state index in [1.165, 1.54) is 6.42 Å². The van der Waals surface area contributed by atoms with Gasteiger partial charge in [-0.25, -0.2) is 0 Å². The normalized spacial score (nSPS) is 19.3. The Labute approximate surface area is 121 Å². The molecule has 1 unspecified atom stereocenters. The number of carbonyl (C=O) groups is 2. The Kier molecular flexibility index (Phi) is 6.99. The van der Waals surface area contributed by atoms with Gasteiger partial charge in [-0.3, -0.25) is 9.59 Å². The molecule has 1 rings (SSSR count). The maximum Gasteiger partial charge on any atom is 0.303 e. The highest BCUT2D eigenvalue weighted by molar-refractivity contribution is 5.76. The lowest BCUT2D eigenvalue weighted by Crippen LogP contribution is -2.40. The minimum Gasteiger partial charge on any atom is -0.481 e. The van der Waals surface area contributed by atoms with E-state index in [9.17, 15) is 9.59 Å². The number of ether oxygens (including phenoxy) is 1. The van der Waals surface area contributed by atoms with Gasteiger partial charge in [0.15, 0.2) is 0 Å². The van der Waals surface area contributed by atoms with Gasteiger partial charge in [-0.15, -0.1) is 0 Å². The summed E-state index contributed by atoms with van der Waals surface area (Å²) in [6.45, 7) is 3.02. The molecular weight excluding hydrogens is 258 g/mol. The van der Waals surface area contributed by atoms with Crippen LogP contribution in [0.2, 0.25) is 0 Å². The van der Waals surface area contributed by atoms with Crippen molar-refractivity contribution in [1.82, 2.24) is 5.32 Å². The van der Waals surface area contributed by atoms with Crippen molar-refractivity contribution in [2.75, 3.05) is 20.3 Å². The summed E-state index contributed by atoms with van der Waals surface area (Å²) >= 11 is 0. The molecule has 1 aliphatic carbocycles. The molecule has 5 nitrogen and oxygen atoms in total. The maximum atomic E-state index is 11.9. The minimum absolute atomic E-state index is 0.00936. The first kappa shape index (κ1) is 17.0. The highest BCUT2D eigenvalue weighted by atomic mass is 16.5. The van der Waals surface area contributed by atoms with Gasteiger partial charge in [0, 0.05) is 26.7 Å². The van der Waals surface area contributed by atoms with E-state index < -0.39 is 5.97 Å². The fourth-order valence-corrected chi connectivity index (χ4v) is 3.06.